The lowest BCUT2D eigenvalue weighted by Gasteiger charge is -2.35. The zero-order valence-electron chi connectivity index (χ0n) is 18.5. The second-order valence-electron chi connectivity index (χ2n) is 8.95. The molecule has 0 fully saturated rings. The van der Waals surface area contributed by atoms with Crippen LogP contribution in [0.4, 0.5) is 4.79 Å². The zero-order valence-corrected chi connectivity index (χ0v) is 18.5. The Bertz CT molecular complexity index is 845. The zero-order chi connectivity index (χ0) is 22.4. The van der Waals surface area contributed by atoms with Crippen LogP contribution < -0.4 is 16.0 Å². The number of Topliss-reactive ketones (excluding diaryl/α,β-unsaturated/α-hetero) is 1. The molecule has 2 amide bonds. The summed E-state index contributed by atoms with van der Waals surface area (Å²) in [5, 5.41) is 8.63. The summed E-state index contributed by atoms with van der Waals surface area (Å²) in [7, 11) is 0. The third-order valence-corrected chi connectivity index (χ3v) is 5.16. The van der Waals surface area contributed by atoms with E-state index in [1.54, 1.807) is 20.8 Å². The Morgan fingerprint density at radius 3 is 2.58 bits per heavy atom. The van der Waals surface area contributed by atoms with Crippen molar-refractivity contribution in [2.24, 2.45) is 0 Å². The first-order valence-electron chi connectivity index (χ1n) is 10.7. The summed E-state index contributed by atoms with van der Waals surface area (Å²) in [4.78, 5) is 39.1. The van der Waals surface area contributed by atoms with Gasteiger partial charge in [-0.2, -0.15) is 0 Å². The summed E-state index contributed by atoms with van der Waals surface area (Å²) in [6.45, 7) is 8.12. The van der Waals surface area contributed by atoms with Crippen LogP contribution >= 0.6 is 0 Å². The monoisotopic (exact) mass is 428 g/mol. The van der Waals surface area contributed by atoms with Gasteiger partial charge in [0.05, 0.1) is 0 Å². The van der Waals surface area contributed by atoms with Gasteiger partial charge in [0, 0.05) is 56.8 Å². The highest BCUT2D eigenvalue weighted by Gasteiger charge is 2.34. The van der Waals surface area contributed by atoms with E-state index in [1.165, 1.54) is 5.56 Å². The molecule has 168 valence electrons. The number of rotatable bonds is 6. The Morgan fingerprint density at radius 1 is 1.16 bits per heavy atom. The summed E-state index contributed by atoms with van der Waals surface area (Å²) >= 11 is 0. The van der Waals surface area contributed by atoms with Gasteiger partial charge in [0.15, 0.2) is 5.78 Å². The first-order valence-corrected chi connectivity index (χ1v) is 10.7. The number of nitrogens with one attached hydrogen (secondary N) is 3. The van der Waals surface area contributed by atoms with Crippen molar-refractivity contribution in [1.29, 1.82) is 0 Å². The van der Waals surface area contributed by atoms with Gasteiger partial charge in [-0.1, -0.05) is 30.3 Å². The van der Waals surface area contributed by atoms with E-state index >= 15 is 0 Å². The van der Waals surface area contributed by atoms with E-state index in [0.717, 1.165) is 30.8 Å². The molecule has 1 atom stereocenters. The molecule has 0 aliphatic carbocycles. The van der Waals surface area contributed by atoms with Gasteiger partial charge in [0.2, 0.25) is 5.91 Å². The molecule has 8 heteroatoms. The number of amides is 2. The highest BCUT2D eigenvalue weighted by Crippen LogP contribution is 2.24. The van der Waals surface area contributed by atoms with Crippen molar-refractivity contribution in [2.75, 3.05) is 26.2 Å². The third kappa shape index (κ3) is 6.82. The minimum atomic E-state index is -0.576. The van der Waals surface area contributed by atoms with Gasteiger partial charge in [0.1, 0.15) is 11.6 Å². The predicted octanol–water partition coefficient (Wildman–Crippen LogP) is 1.72. The summed E-state index contributed by atoms with van der Waals surface area (Å²) in [5.41, 5.74) is 2.33. The maximum absolute atomic E-state index is 12.7. The number of hydrogen-bond donors (Lipinski definition) is 3. The first kappa shape index (κ1) is 22.8. The largest absolute Gasteiger partial charge is 0.444 e. The van der Waals surface area contributed by atoms with Crippen molar-refractivity contribution in [3.8, 4) is 0 Å². The number of nitrogens with zero attached hydrogens (tertiary/aromatic N) is 1. The number of alkyl carbamates (subject to hydrolysis) is 1. The number of benzene rings is 1. The van der Waals surface area contributed by atoms with Crippen molar-refractivity contribution in [3.05, 3.63) is 47.2 Å². The number of carbonyl (C=O) groups excluding carboxylic acids is 3. The van der Waals surface area contributed by atoms with Crippen LogP contribution in [-0.4, -0.2) is 60.5 Å². The van der Waals surface area contributed by atoms with Crippen LogP contribution in [0.5, 0.6) is 0 Å². The van der Waals surface area contributed by atoms with Gasteiger partial charge in [0.25, 0.3) is 0 Å². The highest BCUT2D eigenvalue weighted by atomic mass is 16.6. The summed E-state index contributed by atoms with van der Waals surface area (Å²) in [5.74, 6) is -0.212. The van der Waals surface area contributed by atoms with Gasteiger partial charge in [-0.3, -0.25) is 14.5 Å². The third-order valence-electron chi connectivity index (χ3n) is 5.16. The standard InChI is InChI=1S/C23H32N4O4/c1-23(2,3)31-22(30)25-11-10-24-21(29)19-13-20(28)17-15-27(12-9-18(17)26-19)14-16-7-5-4-6-8-16/h4-8,19,26H,9-15H2,1-3H3,(H,24,29)(H,25,30)/t19-/m0/s1. The average Bonchev–Trinajstić information content (AvgIpc) is 2.71. The van der Waals surface area contributed by atoms with Crippen LogP contribution in [0, 0.1) is 0 Å². The molecule has 3 rings (SSSR count). The van der Waals surface area contributed by atoms with Crippen LogP contribution in [-0.2, 0) is 20.9 Å². The van der Waals surface area contributed by atoms with Crippen molar-refractivity contribution in [3.63, 3.8) is 0 Å². The van der Waals surface area contributed by atoms with Crippen molar-refractivity contribution in [2.45, 2.75) is 51.8 Å². The fraction of sp³-hybridized carbons (Fsp3) is 0.522. The Hall–Kier alpha value is -2.87. The van der Waals surface area contributed by atoms with E-state index in [0.29, 0.717) is 6.54 Å². The molecule has 3 N–H and O–H groups in total. The fourth-order valence-corrected chi connectivity index (χ4v) is 3.73. The normalized spacial score (nSPS) is 19.3. The Labute approximate surface area is 183 Å². The van der Waals surface area contributed by atoms with Crippen LogP contribution in [0.25, 0.3) is 0 Å². The highest BCUT2D eigenvalue weighted by molar-refractivity contribution is 6.01. The van der Waals surface area contributed by atoms with Crippen LogP contribution in [0.1, 0.15) is 39.2 Å². The maximum atomic E-state index is 12.7. The Morgan fingerprint density at radius 2 is 1.87 bits per heavy atom. The molecule has 1 aromatic rings. The second kappa shape index (κ2) is 9.96. The summed E-state index contributed by atoms with van der Waals surface area (Å²) in [6.07, 6.45) is 0.339. The van der Waals surface area contributed by atoms with E-state index in [9.17, 15) is 14.4 Å². The first-order chi connectivity index (χ1) is 14.7. The fourth-order valence-electron chi connectivity index (χ4n) is 3.73. The Kier molecular flexibility index (Phi) is 7.33. The molecule has 2 aliphatic heterocycles. The lowest BCUT2D eigenvalue weighted by Crippen LogP contribution is -2.52. The van der Waals surface area contributed by atoms with E-state index in [4.69, 9.17) is 4.74 Å². The van der Waals surface area contributed by atoms with Gasteiger partial charge >= 0.3 is 6.09 Å². The van der Waals surface area contributed by atoms with Crippen molar-refractivity contribution in [1.82, 2.24) is 20.9 Å². The second-order valence-corrected chi connectivity index (χ2v) is 8.95. The van der Waals surface area contributed by atoms with E-state index < -0.39 is 17.7 Å². The van der Waals surface area contributed by atoms with E-state index in [1.807, 2.05) is 18.2 Å². The molecule has 2 heterocycles. The molecule has 1 aromatic carbocycles. The lowest BCUT2D eigenvalue weighted by molar-refractivity contribution is -0.127. The van der Waals surface area contributed by atoms with Crippen LogP contribution in [0.15, 0.2) is 41.6 Å². The molecule has 0 bridgehead atoms. The Balaban J connectivity index is 1.45. The minimum Gasteiger partial charge on any atom is -0.444 e. The minimum absolute atomic E-state index is 0.0264. The number of ketones is 1. The quantitative estimate of drug-likeness (QED) is 0.597. The molecule has 0 unspecified atom stereocenters. The lowest BCUT2D eigenvalue weighted by atomic mass is 9.92. The molecule has 2 aliphatic rings. The smallest absolute Gasteiger partial charge is 0.407 e. The molecule has 0 saturated carbocycles. The molecule has 0 aromatic heterocycles. The topological polar surface area (TPSA) is 99.8 Å². The van der Waals surface area contributed by atoms with E-state index in [-0.39, 0.29) is 31.2 Å². The molecule has 8 nitrogen and oxygen atoms in total. The van der Waals surface area contributed by atoms with Crippen LogP contribution in [0.3, 0.4) is 0 Å². The molecule has 0 spiro atoms. The predicted molar refractivity (Wildman–Crippen MR) is 117 cm³/mol. The molecule has 0 saturated heterocycles. The number of hydrogen-bond acceptors (Lipinski definition) is 6. The van der Waals surface area contributed by atoms with E-state index in [2.05, 4.69) is 33.0 Å². The van der Waals surface area contributed by atoms with Crippen molar-refractivity contribution < 1.29 is 19.1 Å². The van der Waals surface area contributed by atoms with Gasteiger partial charge < -0.3 is 20.7 Å². The van der Waals surface area contributed by atoms with Gasteiger partial charge in [-0.25, -0.2) is 4.79 Å². The number of carbonyl (C=O) groups is 3. The molecular weight excluding hydrogens is 396 g/mol. The van der Waals surface area contributed by atoms with Crippen molar-refractivity contribution >= 4 is 17.8 Å². The van der Waals surface area contributed by atoms with Crippen LogP contribution in [0.2, 0.25) is 0 Å². The summed E-state index contributed by atoms with van der Waals surface area (Å²) < 4.78 is 5.15. The molecule has 0 radical (unpaired) electrons. The maximum Gasteiger partial charge on any atom is 0.407 e. The number of ether oxygens (including phenoxy) is 1. The summed E-state index contributed by atoms with van der Waals surface area (Å²) in [6, 6.07) is 9.63. The van der Waals surface area contributed by atoms with Gasteiger partial charge in [-0.15, -0.1) is 0 Å². The van der Waals surface area contributed by atoms with Gasteiger partial charge in [-0.05, 0) is 26.3 Å². The average molecular weight is 429 g/mol. The molecular formula is C23H32N4O4. The SMILES string of the molecule is CC(C)(C)OC(=O)NCCNC(=O)[C@@H]1CC(=O)C2=C(CCN(Cc3ccccc3)C2)N1. The molecule has 31 heavy (non-hydrogen) atoms.